The third-order valence-electron chi connectivity index (χ3n) is 2.89. The number of nitrogens with zero attached hydrogens (tertiary/aromatic N) is 1. The second-order valence-electron chi connectivity index (χ2n) is 5.04. The Labute approximate surface area is 129 Å². The number of aromatic nitrogens is 1. The molecule has 1 heterocycles. The van der Waals surface area contributed by atoms with Gasteiger partial charge < -0.3 is 15.7 Å². The van der Waals surface area contributed by atoms with Crippen molar-refractivity contribution in [3.8, 4) is 0 Å². The van der Waals surface area contributed by atoms with Crippen LogP contribution in [0.25, 0.3) is 10.9 Å². The van der Waals surface area contributed by atoms with Crippen molar-refractivity contribution in [2.24, 2.45) is 0 Å². The number of carboxylic acids is 1. The number of halogens is 1. The zero-order chi connectivity index (χ0) is 15.6. The first-order valence-corrected chi connectivity index (χ1v) is 6.96. The molecule has 0 unspecified atom stereocenters. The summed E-state index contributed by atoms with van der Waals surface area (Å²) in [5.41, 5.74) is -0.215. The van der Waals surface area contributed by atoms with Gasteiger partial charge in [-0.3, -0.25) is 4.98 Å². The molecule has 2 amide bonds. The van der Waals surface area contributed by atoms with Crippen molar-refractivity contribution in [2.45, 2.75) is 19.4 Å². The van der Waals surface area contributed by atoms with E-state index in [0.29, 0.717) is 11.2 Å². The van der Waals surface area contributed by atoms with Gasteiger partial charge in [0.25, 0.3) is 0 Å². The molecule has 0 bridgehead atoms. The van der Waals surface area contributed by atoms with E-state index in [4.69, 9.17) is 5.11 Å². The second kappa shape index (κ2) is 5.69. The zero-order valence-electron chi connectivity index (χ0n) is 11.5. The number of hydrogen-bond donors (Lipinski definition) is 3. The van der Waals surface area contributed by atoms with Gasteiger partial charge in [-0.25, -0.2) is 9.59 Å². The fourth-order valence-electron chi connectivity index (χ4n) is 1.73. The minimum Gasteiger partial charge on any atom is -0.480 e. The van der Waals surface area contributed by atoms with E-state index in [0.717, 1.165) is 9.86 Å². The fraction of sp³-hybridized carbons (Fsp3) is 0.214. The third kappa shape index (κ3) is 3.49. The number of anilines is 1. The van der Waals surface area contributed by atoms with E-state index in [-0.39, 0.29) is 0 Å². The molecule has 6 nitrogen and oxygen atoms in total. The van der Waals surface area contributed by atoms with Crippen LogP contribution in [-0.4, -0.2) is 27.6 Å². The number of amides is 2. The van der Waals surface area contributed by atoms with Gasteiger partial charge in [0, 0.05) is 16.1 Å². The summed E-state index contributed by atoms with van der Waals surface area (Å²) >= 11 is 3.34. The summed E-state index contributed by atoms with van der Waals surface area (Å²) in [6.07, 6.45) is 1.63. The molecule has 110 valence electrons. The van der Waals surface area contributed by atoms with Gasteiger partial charge in [0.2, 0.25) is 0 Å². The molecular formula is C14H14BrN3O3. The van der Waals surface area contributed by atoms with Gasteiger partial charge in [0.1, 0.15) is 5.54 Å². The summed E-state index contributed by atoms with van der Waals surface area (Å²) in [6, 6.07) is 6.65. The molecule has 0 aliphatic carbocycles. The highest BCUT2D eigenvalue weighted by Crippen LogP contribution is 2.23. The number of carboxylic acid groups (broad SMARTS) is 1. The van der Waals surface area contributed by atoms with Crippen molar-refractivity contribution >= 4 is 44.5 Å². The molecule has 2 aromatic rings. The van der Waals surface area contributed by atoms with Gasteiger partial charge in [-0.15, -0.1) is 0 Å². The number of aliphatic carboxylic acids is 1. The van der Waals surface area contributed by atoms with Crippen molar-refractivity contribution in [3.63, 3.8) is 0 Å². The lowest BCUT2D eigenvalue weighted by atomic mass is 10.1. The number of rotatable bonds is 3. The van der Waals surface area contributed by atoms with Gasteiger partial charge >= 0.3 is 12.0 Å². The molecule has 0 radical (unpaired) electrons. The molecule has 7 heteroatoms. The lowest BCUT2D eigenvalue weighted by Gasteiger charge is -2.21. The van der Waals surface area contributed by atoms with Crippen LogP contribution in [-0.2, 0) is 4.79 Å². The summed E-state index contributed by atoms with van der Waals surface area (Å²) in [7, 11) is 0. The Kier molecular flexibility index (Phi) is 4.13. The van der Waals surface area contributed by atoms with Crippen LogP contribution < -0.4 is 10.6 Å². The maximum Gasteiger partial charge on any atom is 0.328 e. The van der Waals surface area contributed by atoms with Crippen LogP contribution in [0.15, 0.2) is 34.9 Å². The van der Waals surface area contributed by atoms with Crippen molar-refractivity contribution in [3.05, 3.63) is 34.9 Å². The van der Waals surface area contributed by atoms with Crippen LogP contribution >= 0.6 is 15.9 Å². The Morgan fingerprint density at radius 2 is 2.05 bits per heavy atom. The standard InChI is InChI=1S/C14H14BrN3O3/c1-14(2,12(19)20)18-13(21)17-10-5-3-4-8-6-9(15)7-16-11(8)10/h3-7H,1-2H3,(H,19,20)(H2,17,18,21). The predicted octanol–water partition coefficient (Wildman–Crippen LogP) is 2.98. The van der Waals surface area contributed by atoms with Gasteiger partial charge in [0.05, 0.1) is 11.2 Å². The number of benzene rings is 1. The molecule has 1 aromatic heterocycles. The SMILES string of the molecule is CC(C)(NC(=O)Nc1cccc2cc(Br)cnc12)C(=O)O. The zero-order valence-corrected chi connectivity index (χ0v) is 13.1. The van der Waals surface area contributed by atoms with Crippen LogP contribution in [0.4, 0.5) is 10.5 Å². The van der Waals surface area contributed by atoms with E-state index in [2.05, 4.69) is 31.5 Å². The number of carbonyl (C=O) groups is 2. The van der Waals surface area contributed by atoms with Gasteiger partial charge in [-0.2, -0.15) is 0 Å². The van der Waals surface area contributed by atoms with Gasteiger partial charge in [-0.1, -0.05) is 12.1 Å². The molecule has 0 aliphatic heterocycles. The van der Waals surface area contributed by atoms with Crippen LogP contribution in [0.2, 0.25) is 0 Å². The number of fused-ring (bicyclic) bond motifs is 1. The Balaban J connectivity index is 2.24. The first kappa shape index (κ1) is 15.2. The number of urea groups is 1. The number of nitrogens with one attached hydrogen (secondary N) is 2. The first-order chi connectivity index (χ1) is 9.79. The van der Waals surface area contributed by atoms with Crippen molar-refractivity contribution in [2.75, 3.05) is 5.32 Å². The summed E-state index contributed by atoms with van der Waals surface area (Å²) < 4.78 is 0.837. The second-order valence-corrected chi connectivity index (χ2v) is 5.96. The highest BCUT2D eigenvalue weighted by Gasteiger charge is 2.29. The van der Waals surface area contributed by atoms with Gasteiger partial charge in [0.15, 0.2) is 0 Å². The quantitative estimate of drug-likeness (QED) is 0.792. The minimum absolute atomic E-state index is 0.513. The van der Waals surface area contributed by atoms with Crippen molar-refractivity contribution < 1.29 is 14.7 Å². The number of hydrogen-bond acceptors (Lipinski definition) is 3. The maximum absolute atomic E-state index is 11.9. The number of pyridine rings is 1. The number of para-hydroxylation sites is 1. The van der Waals surface area contributed by atoms with Crippen LogP contribution in [0.3, 0.4) is 0 Å². The molecule has 0 fully saturated rings. The lowest BCUT2D eigenvalue weighted by Crippen LogP contribution is -2.51. The van der Waals surface area contributed by atoms with Crippen LogP contribution in [0, 0.1) is 0 Å². The fourth-order valence-corrected chi connectivity index (χ4v) is 2.07. The molecule has 1 aromatic carbocycles. The minimum atomic E-state index is -1.36. The Hall–Kier alpha value is -2.15. The van der Waals surface area contributed by atoms with Crippen molar-refractivity contribution in [1.82, 2.24) is 10.3 Å². The lowest BCUT2D eigenvalue weighted by molar-refractivity contribution is -0.142. The molecule has 0 saturated heterocycles. The topological polar surface area (TPSA) is 91.3 Å². The molecule has 0 spiro atoms. The van der Waals surface area contributed by atoms with E-state index in [1.165, 1.54) is 13.8 Å². The molecule has 2 rings (SSSR count). The predicted molar refractivity (Wildman–Crippen MR) is 83.3 cm³/mol. The molecule has 0 atom stereocenters. The molecule has 21 heavy (non-hydrogen) atoms. The molecule has 0 aliphatic rings. The largest absolute Gasteiger partial charge is 0.480 e. The average Bonchev–Trinajstić information content (AvgIpc) is 2.37. The third-order valence-corrected chi connectivity index (χ3v) is 3.32. The summed E-state index contributed by atoms with van der Waals surface area (Å²) in [6.45, 7) is 2.82. The van der Waals surface area contributed by atoms with Gasteiger partial charge in [-0.05, 0) is 41.9 Å². The maximum atomic E-state index is 11.9. The van der Waals surface area contributed by atoms with E-state index in [1.807, 2.05) is 12.1 Å². The summed E-state index contributed by atoms with van der Waals surface area (Å²) in [4.78, 5) is 27.2. The highest BCUT2D eigenvalue weighted by molar-refractivity contribution is 9.10. The Morgan fingerprint density at radius 1 is 1.33 bits per heavy atom. The average molecular weight is 352 g/mol. The Bertz CT molecular complexity index is 716. The summed E-state index contributed by atoms with van der Waals surface area (Å²) in [5.74, 6) is -1.11. The number of carbonyl (C=O) groups excluding carboxylic acids is 1. The van der Waals surface area contributed by atoms with E-state index >= 15 is 0 Å². The Morgan fingerprint density at radius 3 is 2.71 bits per heavy atom. The first-order valence-electron chi connectivity index (χ1n) is 6.16. The van der Waals surface area contributed by atoms with E-state index < -0.39 is 17.5 Å². The van der Waals surface area contributed by atoms with Crippen LogP contribution in [0.5, 0.6) is 0 Å². The normalized spacial score (nSPS) is 11.2. The highest BCUT2D eigenvalue weighted by atomic mass is 79.9. The van der Waals surface area contributed by atoms with Crippen LogP contribution in [0.1, 0.15) is 13.8 Å². The van der Waals surface area contributed by atoms with E-state index in [1.54, 1.807) is 18.3 Å². The molecule has 0 saturated carbocycles. The molecule has 3 N–H and O–H groups in total. The van der Waals surface area contributed by atoms with Crippen molar-refractivity contribution in [1.29, 1.82) is 0 Å². The van der Waals surface area contributed by atoms with E-state index in [9.17, 15) is 9.59 Å². The monoisotopic (exact) mass is 351 g/mol. The smallest absolute Gasteiger partial charge is 0.328 e. The molecular weight excluding hydrogens is 338 g/mol. The summed E-state index contributed by atoms with van der Waals surface area (Å²) in [5, 5.41) is 14.9.